The van der Waals surface area contributed by atoms with Gasteiger partial charge < -0.3 is 8.98 Å². The monoisotopic (exact) mass is 724 g/mol. The van der Waals surface area contributed by atoms with E-state index in [-0.39, 0.29) is 27.6 Å². The first kappa shape index (κ1) is 24.6. The maximum Gasteiger partial charge on any atom is 0.166 e. The van der Waals surface area contributed by atoms with Crippen LogP contribution in [0.15, 0.2) is 198 Å². The molecule has 0 saturated heterocycles. The fourth-order valence-corrected chi connectivity index (χ4v) is 7.50. The second kappa shape index (κ2) is 13.0. The van der Waals surface area contributed by atoms with Gasteiger partial charge in [-0.05, 0) is 53.0 Å². The number of benzene rings is 8. The van der Waals surface area contributed by atoms with Gasteiger partial charge in [0.1, 0.15) is 11.2 Å². The average molecular weight is 725 g/mol. The molecule has 0 unspecified atom stereocenters. The van der Waals surface area contributed by atoms with Gasteiger partial charge in [-0.3, -0.25) is 0 Å². The Hall–Kier alpha value is -7.63. The number of rotatable bonds is 6. The molecule has 0 aliphatic rings. The van der Waals surface area contributed by atoms with E-state index in [2.05, 4.69) is 18.2 Å². The third-order valence-corrected chi connectivity index (χ3v) is 10.1. The van der Waals surface area contributed by atoms with Crippen molar-refractivity contribution in [3.8, 4) is 62.1 Å². The van der Waals surface area contributed by atoms with E-state index in [1.54, 1.807) is 0 Å². The molecule has 0 spiro atoms. The predicted molar refractivity (Wildman–Crippen MR) is 229 cm³/mol. The van der Waals surface area contributed by atoms with E-state index in [4.69, 9.17) is 27.6 Å². The Morgan fingerprint density at radius 3 is 1.62 bits per heavy atom. The molecule has 8 aromatic carbocycles. The topological polar surface area (TPSA) is 56.7 Å². The molecule has 56 heavy (non-hydrogen) atoms. The number of hydrogen-bond donors (Lipinski definition) is 0. The molecule has 3 heterocycles. The number of fused-ring (bicyclic) bond motifs is 6. The van der Waals surface area contributed by atoms with Crippen molar-refractivity contribution >= 4 is 43.7 Å². The number of nitrogens with zero attached hydrogens (tertiary/aromatic N) is 4. The van der Waals surface area contributed by atoms with Crippen molar-refractivity contribution in [1.82, 2.24) is 19.5 Å². The van der Waals surface area contributed by atoms with E-state index in [1.165, 1.54) is 4.57 Å². The van der Waals surface area contributed by atoms with Crippen molar-refractivity contribution in [3.63, 3.8) is 0 Å². The Morgan fingerprint density at radius 2 is 0.982 bits per heavy atom. The molecule has 0 atom stereocenters. The molecule has 11 aromatic rings. The van der Waals surface area contributed by atoms with Gasteiger partial charge in [0.2, 0.25) is 0 Å². The van der Waals surface area contributed by atoms with Crippen LogP contribution in [0.4, 0.5) is 0 Å². The molecule has 0 aliphatic heterocycles. The molecule has 0 fully saturated rings. The van der Waals surface area contributed by atoms with E-state index in [9.17, 15) is 2.74 Å². The highest BCUT2D eigenvalue weighted by atomic mass is 16.3. The number of furan rings is 1. The standard InChI is InChI=1S/C51H32N4O/c1-4-15-33(16-5-1)36-28-30-47-43(31-36)41-24-14-23-38(48(41)56-47)37-27-29-42(46(32-37)55-44-25-12-10-21-39(44)40-22-11-13-26-45(40)55)51-53-49(34-17-6-2-7-18-34)52-50(54-51)35-19-8-3-9-20-35/h1-32H/i10D,11D,12D,13D,21D,22D,25D,26D. The van der Waals surface area contributed by atoms with Crippen LogP contribution in [0.5, 0.6) is 0 Å². The van der Waals surface area contributed by atoms with Crippen LogP contribution >= 0.6 is 0 Å². The minimum atomic E-state index is -0.526. The highest BCUT2D eigenvalue weighted by Gasteiger charge is 2.21. The zero-order valence-corrected chi connectivity index (χ0v) is 29.6. The fourth-order valence-electron chi connectivity index (χ4n) is 7.50. The van der Waals surface area contributed by atoms with Gasteiger partial charge in [-0.25, -0.2) is 15.0 Å². The Kier molecular flexibility index (Phi) is 5.74. The van der Waals surface area contributed by atoms with Gasteiger partial charge in [0.05, 0.1) is 27.7 Å². The van der Waals surface area contributed by atoms with E-state index >= 15 is 0 Å². The van der Waals surface area contributed by atoms with Gasteiger partial charge in [0.25, 0.3) is 0 Å². The van der Waals surface area contributed by atoms with Crippen LogP contribution in [-0.4, -0.2) is 19.5 Å². The fraction of sp³-hybridized carbons (Fsp3) is 0. The maximum absolute atomic E-state index is 9.35. The van der Waals surface area contributed by atoms with E-state index in [0.717, 1.165) is 38.6 Å². The summed E-state index contributed by atoms with van der Waals surface area (Å²) in [6.07, 6.45) is 0. The van der Waals surface area contributed by atoms with Crippen LogP contribution < -0.4 is 0 Å². The van der Waals surface area contributed by atoms with Gasteiger partial charge in [-0.1, -0.05) is 158 Å². The van der Waals surface area contributed by atoms with Crippen molar-refractivity contribution in [3.05, 3.63) is 194 Å². The molecule has 5 heteroatoms. The SMILES string of the molecule is [2H]c1c([2H])c([2H])c2c(c1[2H])c1c([2H])c([2H])c([2H])c([2H])c1n2-c1cc(-c2cccc3c2oc2ccc(-c4ccccc4)cc23)ccc1-c1nc(-c2ccccc2)nc(-c2ccccc2)n1. The number of aromatic nitrogens is 4. The van der Waals surface area contributed by atoms with Crippen LogP contribution in [0.1, 0.15) is 11.0 Å². The molecule has 0 aliphatic carbocycles. The first-order valence-electron chi connectivity index (χ1n) is 22.1. The van der Waals surface area contributed by atoms with Crippen LogP contribution in [0.2, 0.25) is 0 Å². The van der Waals surface area contributed by atoms with E-state index in [0.29, 0.717) is 39.6 Å². The highest BCUT2D eigenvalue weighted by molar-refractivity contribution is 6.12. The normalized spacial score (nSPS) is 13.6. The highest BCUT2D eigenvalue weighted by Crippen LogP contribution is 2.41. The summed E-state index contributed by atoms with van der Waals surface area (Å²) in [7, 11) is 0. The van der Waals surface area contributed by atoms with Crippen molar-refractivity contribution in [2.24, 2.45) is 0 Å². The minimum Gasteiger partial charge on any atom is -0.455 e. The Labute approximate surface area is 334 Å². The molecule has 0 amide bonds. The molecular formula is C51H32N4O. The third-order valence-electron chi connectivity index (χ3n) is 10.1. The van der Waals surface area contributed by atoms with Crippen LogP contribution in [0.3, 0.4) is 0 Å². The summed E-state index contributed by atoms with van der Waals surface area (Å²) in [5.41, 5.74) is 6.91. The second-order valence-corrected chi connectivity index (χ2v) is 13.4. The van der Waals surface area contributed by atoms with E-state index < -0.39 is 48.3 Å². The molecule has 0 N–H and O–H groups in total. The number of para-hydroxylation sites is 3. The summed E-state index contributed by atoms with van der Waals surface area (Å²) in [6, 6.07) is 42.8. The Bertz CT molecular complexity index is 3570. The molecular weight excluding hydrogens is 685 g/mol. The van der Waals surface area contributed by atoms with Crippen LogP contribution in [-0.2, 0) is 0 Å². The van der Waals surface area contributed by atoms with Gasteiger partial charge in [0, 0.05) is 43.8 Å². The Morgan fingerprint density at radius 1 is 0.411 bits per heavy atom. The maximum atomic E-state index is 9.35. The lowest BCUT2D eigenvalue weighted by Crippen LogP contribution is -2.04. The largest absolute Gasteiger partial charge is 0.455 e. The van der Waals surface area contributed by atoms with Gasteiger partial charge in [0.15, 0.2) is 17.5 Å². The summed E-state index contributed by atoms with van der Waals surface area (Å²) >= 11 is 0. The molecule has 0 bridgehead atoms. The summed E-state index contributed by atoms with van der Waals surface area (Å²) < 4.78 is 80.1. The van der Waals surface area contributed by atoms with Crippen LogP contribution in [0, 0.1) is 0 Å². The van der Waals surface area contributed by atoms with Crippen molar-refractivity contribution in [2.75, 3.05) is 0 Å². The zero-order chi connectivity index (χ0) is 44.0. The molecule has 262 valence electrons. The van der Waals surface area contributed by atoms with Gasteiger partial charge in [-0.2, -0.15) is 0 Å². The Balaban J connectivity index is 1.26. The first-order valence-corrected chi connectivity index (χ1v) is 18.1. The average Bonchev–Trinajstić information content (AvgIpc) is 3.91. The van der Waals surface area contributed by atoms with Crippen LogP contribution in [0.25, 0.3) is 106 Å². The summed E-state index contributed by atoms with van der Waals surface area (Å²) in [5.74, 6) is 0.987. The second-order valence-electron chi connectivity index (χ2n) is 13.4. The first-order chi connectivity index (χ1) is 31.1. The smallest absolute Gasteiger partial charge is 0.166 e. The lowest BCUT2D eigenvalue weighted by molar-refractivity contribution is 0.670. The molecule has 0 saturated carbocycles. The minimum absolute atomic E-state index is 0.0255. The lowest BCUT2D eigenvalue weighted by Gasteiger charge is -2.16. The lowest BCUT2D eigenvalue weighted by atomic mass is 9.98. The summed E-state index contributed by atoms with van der Waals surface area (Å²) in [5, 5.41) is 1.73. The summed E-state index contributed by atoms with van der Waals surface area (Å²) in [4.78, 5) is 15.0. The van der Waals surface area contributed by atoms with Crippen molar-refractivity contribution < 1.29 is 15.4 Å². The molecule has 0 radical (unpaired) electrons. The molecule has 3 aromatic heterocycles. The van der Waals surface area contributed by atoms with Crippen molar-refractivity contribution in [2.45, 2.75) is 0 Å². The van der Waals surface area contributed by atoms with Gasteiger partial charge in [-0.15, -0.1) is 0 Å². The van der Waals surface area contributed by atoms with Crippen molar-refractivity contribution in [1.29, 1.82) is 0 Å². The molecule has 11 rings (SSSR count). The number of hydrogen-bond acceptors (Lipinski definition) is 4. The quantitative estimate of drug-likeness (QED) is 0.171. The van der Waals surface area contributed by atoms with Gasteiger partial charge >= 0.3 is 0 Å². The predicted octanol–water partition coefficient (Wildman–Crippen LogP) is 13.2. The summed E-state index contributed by atoms with van der Waals surface area (Å²) in [6.45, 7) is 0. The third kappa shape index (κ3) is 5.29. The van der Waals surface area contributed by atoms with E-state index in [1.807, 2.05) is 127 Å². The zero-order valence-electron chi connectivity index (χ0n) is 37.6. The molecule has 5 nitrogen and oxygen atoms in total.